The molecule has 0 spiro atoms. The van der Waals surface area contributed by atoms with Crippen LogP contribution in [-0.4, -0.2) is 4.98 Å². The van der Waals surface area contributed by atoms with E-state index >= 15 is 0 Å². The van der Waals surface area contributed by atoms with Crippen LogP contribution in [0.5, 0.6) is 0 Å². The van der Waals surface area contributed by atoms with E-state index in [9.17, 15) is 0 Å². The van der Waals surface area contributed by atoms with Crippen LogP contribution in [0.25, 0.3) is 21.8 Å². The number of allylic oxidation sites excluding steroid dienone is 4. The summed E-state index contributed by atoms with van der Waals surface area (Å²) in [4.78, 5) is 4.23. The lowest BCUT2D eigenvalue weighted by Crippen LogP contribution is -2.33. The van der Waals surface area contributed by atoms with Gasteiger partial charge in [-0.3, -0.25) is 4.98 Å². The smallest absolute Gasteiger partial charge is 0.174 e. The Hall–Kier alpha value is -6.21. The number of aromatic nitrogens is 5. The minimum absolute atomic E-state index is 0.437. The van der Waals surface area contributed by atoms with Crippen LogP contribution in [-0.2, 0) is 19.5 Å². The Balaban J connectivity index is 0.961. The quantitative estimate of drug-likeness (QED) is 0.129. The molecule has 2 aliphatic heterocycles. The molecule has 0 saturated carbocycles. The first-order valence-corrected chi connectivity index (χ1v) is 19.0. The average molecular weight is 712 g/mol. The lowest BCUT2D eigenvalue weighted by molar-refractivity contribution is -0.698. The summed E-state index contributed by atoms with van der Waals surface area (Å²) in [6.07, 6.45) is 46.3. The van der Waals surface area contributed by atoms with E-state index in [1.165, 1.54) is 38.3 Å². The first kappa shape index (κ1) is 36.2. The molecule has 7 rings (SSSR count). The van der Waals surface area contributed by atoms with Crippen molar-refractivity contribution >= 4 is 11.1 Å². The van der Waals surface area contributed by atoms with Crippen molar-refractivity contribution in [1.29, 1.82) is 0 Å². The highest BCUT2D eigenvalue weighted by molar-refractivity contribution is 5.70. The molecule has 0 saturated heterocycles. The third-order valence-electron chi connectivity index (χ3n) is 10.2. The topological polar surface area (TPSA) is 60.7 Å². The van der Waals surface area contributed by atoms with Gasteiger partial charge in [0.25, 0.3) is 0 Å². The van der Waals surface area contributed by atoms with Gasteiger partial charge in [0.2, 0.25) is 0 Å². The van der Waals surface area contributed by atoms with Crippen molar-refractivity contribution in [3.63, 3.8) is 0 Å². The summed E-state index contributed by atoms with van der Waals surface area (Å²) in [6.45, 7) is 4.23. The Morgan fingerprint density at radius 2 is 1.04 bits per heavy atom. The van der Waals surface area contributed by atoms with Crippen LogP contribution in [0.1, 0.15) is 61.1 Å². The van der Waals surface area contributed by atoms with Gasteiger partial charge in [0.1, 0.15) is 0 Å². The van der Waals surface area contributed by atoms with Crippen molar-refractivity contribution < 1.29 is 17.6 Å². The molecule has 54 heavy (non-hydrogen) atoms. The molecule has 0 aliphatic carbocycles. The number of nitrogens with zero attached hydrogens (tertiary/aromatic N) is 7. The minimum Gasteiger partial charge on any atom is -0.670 e. The molecule has 0 radical (unpaired) electrons. The van der Waals surface area contributed by atoms with Crippen LogP contribution in [0.2, 0.25) is 0 Å². The van der Waals surface area contributed by atoms with Crippen molar-refractivity contribution in [3.05, 3.63) is 222 Å². The van der Waals surface area contributed by atoms with Crippen LogP contribution in [0, 0.1) is 12.4 Å². The summed E-state index contributed by atoms with van der Waals surface area (Å²) in [5, 5.41) is 10.6. The lowest BCUT2D eigenvalue weighted by atomic mass is 9.83. The van der Waals surface area contributed by atoms with Crippen LogP contribution < -0.4 is 28.1 Å². The average Bonchev–Trinajstić information content (AvgIpc) is 3.24. The van der Waals surface area contributed by atoms with E-state index in [0.29, 0.717) is 11.8 Å². The Labute approximate surface area is 318 Å². The van der Waals surface area contributed by atoms with Crippen molar-refractivity contribution in [2.75, 3.05) is 0 Å². The second kappa shape index (κ2) is 18.5. The molecule has 0 bridgehead atoms. The fourth-order valence-corrected chi connectivity index (χ4v) is 7.02. The Kier molecular flexibility index (Phi) is 12.4. The third kappa shape index (κ3) is 10.2. The van der Waals surface area contributed by atoms with Gasteiger partial charge < -0.3 is 10.6 Å². The maximum Gasteiger partial charge on any atom is 0.174 e. The Morgan fingerprint density at radius 1 is 0.574 bits per heavy atom. The van der Waals surface area contributed by atoms with Crippen LogP contribution in [0.3, 0.4) is 0 Å². The van der Waals surface area contributed by atoms with Gasteiger partial charge in [0.05, 0.1) is 12.8 Å². The summed E-state index contributed by atoms with van der Waals surface area (Å²) in [5.74, 6) is 0.889. The number of aryl methyl sites for hydroxylation is 3. The summed E-state index contributed by atoms with van der Waals surface area (Å²) in [7, 11) is 0. The van der Waals surface area contributed by atoms with Crippen molar-refractivity contribution in [2.45, 2.75) is 64.0 Å². The molecule has 270 valence electrons. The van der Waals surface area contributed by atoms with Crippen LogP contribution in [0.4, 0.5) is 0 Å². The summed E-state index contributed by atoms with van der Waals surface area (Å²) in [6, 6.07) is 22.2. The molecule has 0 fully saturated rings. The van der Waals surface area contributed by atoms with E-state index in [1.54, 1.807) is 0 Å². The molecule has 5 aromatic rings. The summed E-state index contributed by atoms with van der Waals surface area (Å²) < 4.78 is 8.85. The van der Waals surface area contributed by atoms with E-state index in [0.717, 1.165) is 45.2 Å². The molecule has 0 amide bonds. The van der Waals surface area contributed by atoms with Crippen molar-refractivity contribution in [3.8, 4) is 0 Å². The Bertz CT molecular complexity index is 2300. The molecule has 2 atom stereocenters. The van der Waals surface area contributed by atoms with E-state index < -0.39 is 0 Å². The highest BCUT2D eigenvalue weighted by Crippen LogP contribution is 2.32. The number of hydrogen-bond acceptors (Lipinski definition) is 1. The third-order valence-corrected chi connectivity index (χ3v) is 10.2. The second-order valence-electron chi connectivity index (χ2n) is 13.9. The van der Waals surface area contributed by atoms with Crippen molar-refractivity contribution in [2.24, 2.45) is 0 Å². The van der Waals surface area contributed by atoms with E-state index in [2.05, 4.69) is 163 Å². The molecule has 7 heterocycles. The summed E-state index contributed by atoms with van der Waals surface area (Å²) in [5.41, 5.74) is 6.50. The van der Waals surface area contributed by atoms with E-state index in [1.807, 2.05) is 61.5 Å². The molecular formula is C47H49N7+2. The number of rotatable bonds is 13. The zero-order valence-corrected chi connectivity index (χ0v) is 31.1. The summed E-state index contributed by atoms with van der Waals surface area (Å²) >= 11 is 0. The SMILES string of the molecule is CC(CC(CCc1ccncc1)c1cc[n+](CCC=[n+]2ccc(=C3C=C[N-]C=C3)cc2)cc1)c1cc[n+](CCC=[n+]2ccc(=C3C=C[N-]C=C3)cc2)cc1. The van der Waals surface area contributed by atoms with Gasteiger partial charge in [-0.25, -0.2) is 9.13 Å². The number of pyridine rings is 5. The maximum atomic E-state index is 4.23. The molecule has 7 nitrogen and oxygen atoms in total. The fraction of sp³-hybridized carbons (Fsp3) is 0.213. The van der Waals surface area contributed by atoms with Gasteiger partial charge in [0, 0.05) is 60.9 Å². The first-order chi connectivity index (χ1) is 26.7. The Morgan fingerprint density at radius 3 is 1.52 bits per heavy atom. The molecule has 7 heteroatoms. The molecule has 0 N–H and O–H groups in total. The largest absolute Gasteiger partial charge is 0.670 e. The predicted octanol–water partition coefficient (Wildman–Crippen LogP) is 6.47. The number of hydrogen-bond donors (Lipinski definition) is 0. The standard InChI is InChI=1S/C47H49N7/c1-39(41-12-30-51(31-13-41)26-2-27-52-32-14-44(15-33-52)42-8-22-49-23-9-42)38-47(5-4-40-6-20-48-21-7-40)46-18-36-54(37-19-46)29-3-28-53-34-16-45(17-35-53)43-10-24-50-25-11-43/h6-25,27-28,30-37,39,47H,2-5,26,29,38H2,1H3/q+2. The second-order valence-corrected chi connectivity index (χ2v) is 13.9. The molecule has 2 aliphatic rings. The molecule has 2 unspecified atom stereocenters. The van der Waals surface area contributed by atoms with Gasteiger partial charge in [0.15, 0.2) is 75.1 Å². The van der Waals surface area contributed by atoms with Gasteiger partial charge >= 0.3 is 0 Å². The minimum atomic E-state index is 0.437. The normalized spacial score (nSPS) is 14.3. The van der Waals surface area contributed by atoms with Crippen molar-refractivity contribution in [1.82, 2.24) is 4.98 Å². The highest BCUT2D eigenvalue weighted by atomic mass is 14.9. The highest BCUT2D eigenvalue weighted by Gasteiger charge is 2.19. The maximum absolute atomic E-state index is 4.23. The molecule has 0 aromatic carbocycles. The zero-order valence-electron chi connectivity index (χ0n) is 31.1. The van der Waals surface area contributed by atoms with Gasteiger partial charge in [-0.2, -0.15) is 33.3 Å². The first-order valence-electron chi connectivity index (χ1n) is 19.0. The molecular weight excluding hydrogens is 663 g/mol. The predicted molar refractivity (Wildman–Crippen MR) is 213 cm³/mol. The van der Waals surface area contributed by atoms with Gasteiger partial charge in [-0.15, -0.1) is 0 Å². The molecule has 5 aromatic heterocycles. The fourth-order valence-electron chi connectivity index (χ4n) is 7.02. The van der Waals surface area contributed by atoms with E-state index in [4.69, 9.17) is 0 Å². The van der Waals surface area contributed by atoms with Gasteiger partial charge in [-0.1, -0.05) is 31.2 Å². The monoisotopic (exact) mass is 711 g/mol. The van der Waals surface area contributed by atoms with E-state index in [-0.39, 0.29) is 0 Å². The van der Waals surface area contributed by atoms with Crippen LogP contribution in [0.15, 0.2) is 172 Å². The van der Waals surface area contributed by atoms with Crippen LogP contribution >= 0.6 is 0 Å². The zero-order chi connectivity index (χ0) is 36.8. The van der Waals surface area contributed by atoms with Gasteiger partial charge in [-0.05, 0) is 81.5 Å². The lowest BCUT2D eigenvalue weighted by Gasteiger charge is -2.21.